The molecule has 0 aliphatic rings. The minimum atomic E-state index is -1.13. The maximum atomic E-state index is 12.6. The first-order chi connectivity index (χ1) is 24.6. The topological polar surface area (TPSA) is 102 Å². The lowest BCUT2D eigenvalue weighted by Crippen LogP contribution is -2.55. The van der Waals surface area contributed by atoms with Crippen molar-refractivity contribution in [2.75, 3.05) is 41.0 Å². The molecule has 8 heteroatoms. The monoisotopic (exact) mass is 716 g/mol. The van der Waals surface area contributed by atoms with E-state index in [1.165, 1.54) is 32.1 Å². The third-order valence-corrected chi connectivity index (χ3v) is 8.42. The number of ether oxygens (including phenoxy) is 3. The molecule has 0 saturated carbocycles. The van der Waals surface area contributed by atoms with E-state index in [1.54, 1.807) is 21.1 Å². The normalized spacial score (nSPS) is 13.7. The van der Waals surface area contributed by atoms with Gasteiger partial charge in [0.25, 0.3) is 0 Å². The van der Waals surface area contributed by atoms with Crippen molar-refractivity contribution in [3.05, 3.63) is 60.8 Å². The molecule has 2 atom stereocenters. The second-order valence-electron chi connectivity index (χ2n) is 14.1. The second kappa shape index (κ2) is 34.1. The van der Waals surface area contributed by atoms with Crippen LogP contribution in [0.25, 0.3) is 0 Å². The fraction of sp³-hybridized carbons (Fsp3) is 0.698. The van der Waals surface area contributed by atoms with E-state index in [4.69, 9.17) is 14.2 Å². The number of aliphatic carboxylic acids is 1. The van der Waals surface area contributed by atoms with Crippen LogP contribution in [0, 0.1) is 0 Å². The first kappa shape index (κ1) is 48.0. The minimum absolute atomic E-state index is 0.0284. The van der Waals surface area contributed by atoms with Crippen molar-refractivity contribution in [3.63, 3.8) is 0 Å². The Morgan fingerprint density at radius 3 is 1.63 bits per heavy atom. The predicted octanol–water partition coefficient (Wildman–Crippen LogP) is 8.91. The summed E-state index contributed by atoms with van der Waals surface area (Å²) < 4.78 is 17.0. The van der Waals surface area contributed by atoms with Crippen molar-refractivity contribution in [2.24, 2.45) is 0 Å². The van der Waals surface area contributed by atoms with E-state index in [1.807, 2.05) is 0 Å². The molecular formula is C43H73NO7. The van der Waals surface area contributed by atoms with E-state index >= 15 is 0 Å². The molecule has 2 unspecified atom stereocenters. The van der Waals surface area contributed by atoms with Gasteiger partial charge < -0.3 is 28.6 Å². The Morgan fingerprint density at radius 2 is 1.10 bits per heavy atom. The van der Waals surface area contributed by atoms with Crippen molar-refractivity contribution in [1.82, 2.24) is 0 Å². The molecule has 8 nitrogen and oxygen atoms in total. The summed E-state index contributed by atoms with van der Waals surface area (Å²) in [6.45, 7) is 4.46. The Bertz CT molecular complexity index is 1020. The van der Waals surface area contributed by atoms with Gasteiger partial charge >= 0.3 is 11.9 Å². The SMILES string of the molecule is CC/C=C/C/C=C/C/C=C/C/C=C/C/C=C/CCCCCC(=O)OCC(COCCC(C(=O)[O-])[N+](C)(C)C)OC(=O)CCCCCCCCCC. The van der Waals surface area contributed by atoms with Gasteiger partial charge in [0.1, 0.15) is 12.6 Å². The zero-order chi connectivity index (χ0) is 37.8. The average molecular weight is 716 g/mol. The van der Waals surface area contributed by atoms with Gasteiger partial charge in [0.2, 0.25) is 0 Å². The fourth-order valence-corrected chi connectivity index (χ4v) is 5.33. The lowest BCUT2D eigenvalue weighted by atomic mass is 10.1. The van der Waals surface area contributed by atoms with Crippen LogP contribution in [-0.2, 0) is 28.6 Å². The van der Waals surface area contributed by atoms with E-state index in [9.17, 15) is 19.5 Å². The number of unbranched alkanes of at least 4 members (excludes halogenated alkanes) is 10. The van der Waals surface area contributed by atoms with Crippen LogP contribution in [0.1, 0.15) is 142 Å². The van der Waals surface area contributed by atoms with Crippen LogP contribution < -0.4 is 5.11 Å². The van der Waals surface area contributed by atoms with Gasteiger partial charge in [-0.15, -0.1) is 0 Å². The Balaban J connectivity index is 4.39. The predicted molar refractivity (Wildman–Crippen MR) is 208 cm³/mol. The summed E-state index contributed by atoms with van der Waals surface area (Å²) in [5, 5.41) is 11.6. The van der Waals surface area contributed by atoms with Crippen molar-refractivity contribution in [1.29, 1.82) is 0 Å². The molecule has 0 heterocycles. The summed E-state index contributed by atoms with van der Waals surface area (Å²) in [6.07, 6.45) is 39.7. The number of allylic oxidation sites excluding steroid dienone is 10. The number of esters is 2. The molecule has 0 aliphatic heterocycles. The summed E-state index contributed by atoms with van der Waals surface area (Å²) in [7, 11) is 5.38. The van der Waals surface area contributed by atoms with Crippen LogP contribution in [0.5, 0.6) is 0 Å². The van der Waals surface area contributed by atoms with E-state index in [0.29, 0.717) is 12.8 Å². The number of nitrogens with zero attached hydrogens (tertiary/aromatic N) is 1. The summed E-state index contributed by atoms with van der Waals surface area (Å²) >= 11 is 0. The van der Waals surface area contributed by atoms with Crippen LogP contribution in [-0.4, -0.2) is 75.5 Å². The Hall–Kier alpha value is -2.97. The first-order valence-corrected chi connectivity index (χ1v) is 19.8. The number of quaternary nitrogens is 1. The van der Waals surface area contributed by atoms with Crippen LogP contribution in [0.4, 0.5) is 0 Å². The minimum Gasteiger partial charge on any atom is -0.544 e. The zero-order valence-electron chi connectivity index (χ0n) is 33.0. The van der Waals surface area contributed by atoms with Crippen molar-refractivity contribution in [2.45, 2.75) is 154 Å². The number of carboxylic acid groups (broad SMARTS) is 1. The largest absolute Gasteiger partial charge is 0.544 e. The van der Waals surface area contributed by atoms with E-state index in [2.05, 4.69) is 74.6 Å². The number of carbonyl (C=O) groups excluding carboxylic acids is 3. The molecule has 0 bridgehead atoms. The molecule has 51 heavy (non-hydrogen) atoms. The standard InChI is InChI=1S/C43H73NO7/c1-6-8-10-12-14-16-17-18-19-20-21-22-23-24-25-26-28-29-31-33-41(45)50-38-39(37-49-36-35-40(43(47)48)44(3,4)5)51-42(46)34-32-30-27-15-13-11-9-7-2/h8,10,14,16,18-19,21-22,24-25,39-40H,6-7,9,11-13,15,17,20,23,26-38H2,1-5H3/b10-8+,16-14+,19-18+,22-21+,25-24+. The van der Waals surface area contributed by atoms with E-state index in [-0.39, 0.29) is 42.7 Å². The summed E-state index contributed by atoms with van der Waals surface area (Å²) in [5.41, 5.74) is 0. The Labute approximate surface area is 311 Å². The third-order valence-electron chi connectivity index (χ3n) is 8.42. The summed E-state index contributed by atoms with van der Waals surface area (Å²) in [5.74, 6) is -1.79. The summed E-state index contributed by atoms with van der Waals surface area (Å²) in [6, 6.07) is -0.730. The first-order valence-electron chi connectivity index (χ1n) is 19.8. The van der Waals surface area contributed by atoms with E-state index < -0.39 is 18.1 Å². The zero-order valence-corrected chi connectivity index (χ0v) is 33.0. The Morgan fingerprint density at radius 1 is 0.608 bits per heavy atom. The molecule has 0 aromatic heterocycles. The van der Waals surface area contributed by atoms with Crippen LogP contribution >= 0.6 is 0 Å². The number of likely N-dealkylation sites (N-methyl/N-ethyl adjacent to an activating group) is 1. The number of hydrogen-bond acceptors (Lipinski definition) is 7. The van der Waals surface area contributed by atoms with Crippen LogP contribution in [0.3, 0.4) is 0 Å². The van der Waals surface area contributed by atoms with Gasteiger partial charge in [-0.25, -0.2) is 0 Å². The molecule has 0 aromatic rings. The number of carboxylic acids is 1. The number of rotatable bonds is 34. The maximum Gasteiger partial charge on any atom is 0.306 e. The van der Waals surface area contributed by atoms with Gasteiger partial charge in [-0.2, -0.15) is 0 Å². The van der Waals surface area contributed by atoms with Gasteiger partial charge in [0.05, 0.1) is 40.3 Å². The molecule has 0 aliphatic carbocycles. The molecule has 0 fully saturated rings. The number of carbonyl (C=O) groups is 3. The molecule has 0 aromatic carbocycles. The average Bonchev–Trinajstić information content (AvgIpc) is 3.08. The highest BCUT2D eigenvalue weighted by atomic mass is 16.6. The van der Waals surface area contributed by atoms with Crippen LogP contribution in [0.15, 0.2) is 60.8 Å². The number of hydrogen-bond donors (Lipinski definition) is 0. The van der Waals surface area contributed by atoms with Gasteiger partial charge in [-0.3, -0.25) is 9.59 Å². The quantitative estimate of drug-likeness (QED) is 0.0284. The van der Waals surface area contributed by atoms with Crippen molar-refractivity contribution < 1.29 is 38.2 Å². The molecule has 0 radical (unpaired) electrons. The lowest BCUT2D eigenvalue weighted by molar-refractivity contribution is -0.889. The maximum absolute atomic E-state index is 12.6. The second-order valence-corrected chi connectivity index (χ2v) is 14.1. The van der Waals surface area contributed by atoms with E-state index in [0.717, 1.165) is 77.0 Å². The van der Waals surface area contributed by atoms with Crippen molar-refractivity contribution >= 4 is 17.9 Å². The fourth-order valence-electron chi connectivity index (χ4n) is 5.33. The summed E-state index contributed by atoms with van der Waals surface area (Å²) in [4.78, 5) is 36.6. The van der Waals surface area contributed by atoms with Gasteiger partial charge in [-0.1, -0.05) is 126 Å². The third kappa shape index (κ3) is 32.7. The molecule has 0 spiro atoms. The smallest absolute Gasteiger partial charge is 0.306 e. The molecule has 0 rings (SSSR count). The van der Waals surface area contributed by atoms with Gasteiger partial charge in [0.15, 0.2) is 6.10 Å². The highest BCUT2D eigenvalue weighted by molar-refractivity contribution is 5.70. The molecule has 0 N–H and O–H groups in total. The van der Waals surface area contributed by atoms with Crippen molar-refractivity contribution in [3.8, 4) is 0 Å². The highest BCUT2D eigenvalue weighted by Gasteiger charge is 2.25. The molecule has 0 saturated heterocycles. The molecule has 0 amide bonds. The lowest BCUT2D eigenvalue weighted by Gasteiger charge is -2.34. The van der Waals surface area contributed by atoms with Crippen LogP contribution in [0.2, 0.25) is 0 Å². The van der Waals surface area contributed by atoms with Gasteiger partial charge in [-0.05, 0) is 57.8 Å². The van der Waals surface area contributed by atoms with Gasteiger partial charge in [0, 0.05) is 19.3 Å². The molecule has 292 valence electrons. The Kier molecular flexibility index (Phi) is 32.1. The molecular weight excluding hydrogens is 642 g/mol. The highest BCUT2D eigenvalue weighted by Crippen LogP contribution is 2.12.